The van der Waals surface area contributed by atoms with Gasteiger partial charge in [0.2, 0.25) is 0 Å². The van der Waals surface area contributed by atoms with Gasteiger partial charge in [-0.05, 0) is 44.2 Å². The molecule has 0 radical (unpaired) electrons. The molecule has 0 fully saturated rings. The number of nitrogens with zero attached hydrogens (tertiary/aromatic N) is 1. The molecule has 94 valence electrons. The fourth-order valence-electron chi connectivity index (χ4n) is 1.70. The minimum Gasteiger partial charge on any atom is -0.457 e. The van der Waals surface area contributed by atoms with Gasteiger partial charge in [-0.3, -0.25) is 4.79 Å². The number of benzene rings is 2. The summed E-state index contributed by atoms with van der Waals surface area (Å²) in [7, 11) is 0. The van der Waals surface area contributed by atoms with Crippen molar-refractivity contribution in [2.24, 2.45) is 0 Å². The van der Waals surface area contributed by atoms with E-state index in [2.05, 4.69) is 0 Å². The molecule has 2 aromatic rings. The SMILES string of the molecule is CC(=O)c1ccc(C#N)cc1Oc1ccc(C)cc1. The van der Waals surface area contributed by atoms with Gasteiger partial charge in [-0.1, -0.05) is 17.7 Å². The van der Waals surface area contributed by atoms with Gasteiger partial charge in [0, 0.05) is 0 Å². The van der Waals surface area contributed by atoms with Gasteiger partial charge in [0.15, 0.2) is 5.78 Å². The predicted octanol–water partition coefficient (Wildman–Crippen LogP) is 3.86. The lowest BCUT2D eigenvalue weighted by Crippen LogP contribution is -1.97. The molecule has 3 heteroatoms. The molecule has 2 aromatic carbocycles. The number of nitriles is 1. The maximum absolute atomic E-state index is 11.5. The molecule has 0 N–H and O–H groups in total. The Balaban J connectivity index is 2.40. The second-order valence-electron chi connectivity index (χ2n) is 4.29. The topological polar surface area (TPSA) is 50.1 Å². The van der Waals surface area contributed by atoms with Crippen LogP contribution in [0.5, 0.6) is 11.5 Å². The second-order valence-corrected chi connectivity index (χ2v) is 4.29. The maximum Gasteiger partial charge on any atom is 0.163 e. The predicted molar refractivity (Wildman–Crippen MR) is 72.4 cm³/mol. The summed E-state index contributed by atoms with van der Waals surface area (Å²) < 4.78 is 5.70. The van der Waals surface area contributed by atoms with Crippen molar-refractivity contribution in [3.8, 4) is 17.6 Å². The van der Waals surface area contributed by atoms with Crippen LogP contribution < -0.4 is 4.74 Å². The molecule has 0 unspecified atom stereocenters. The smallest absolute Gasteiger partial charge is 0.163 e. The van der Waals surface area contributed by atoms with Crippen LogP contribution in [0, 0.1) is 18.3 Å². The Hall–Kier alpha value is -2.60. The van der Waals surface area contributed by atoms with Crippen molar-refractivity contribution in [2.45, 2.75) is 13.8 Å². The van der Waals surface area contributed by atoms with Gasteiger partial charge < -0.3 is 4.74 Å². The van der Waals surface area contributed by atoms with Gasteiger partial charge in [0.25, 0.3) is 0 Å². The molecule has 0 aromatic heterocycles. The van der Waals surface area contributed by atoms with Crippen molar-refractivity contribution >= 4 is 5.78 Å². The van der Waals surface area contributed by atoms with Crippen molar-refractivity contribution in [1.82, 2.24) is 0 Å². The van der Waals surface area contributed by atoms with Crippen molar-refractivity contribution < 1.29 is 9.53 Å². The van der Waals surface area contributed by atoms with E-state index in [1.807, 2.05) is 37.3 Å². The van der Waals surface area contributed by atoms with Gasteiger partial charge in [-0.2, -0.15) is 5.26 Å². The fraction of sp³-hybridized carbons (Fsp3) is 0.125. The molecule has 0 amide bonds. The van der Waals surface area contributed by atoms with Crippen molar-refractivity contribution in [3.63, 3.8) is 0 Å². The van der Waals surface area contributed by atoms with E-state index in [0.717, 1.165) is 5.56 Å². The zero-order chi connectivity index (χ0) is 13.8. The molecule has 0 heterocycles. The third-order valence-corrected chi connectivity index (χ3v) is 2.74. The van der Waals surface area contributed by atoms with Crippen LogP contribution in [0.1, 0.15) is 28.4 Å². The van der Waals surface area contributed by atoms with Crippen molar-refractivity contribution in [3.05, 3.63) is 59.2 Å². The van der Waals surface area contributed by atoms with E-state index >= 15 is 0 Å². The summed E-state index contributed by atoms with van der Waals surface area (Å²) in [6.07, 6.45) is 0. The highest BCUT2D eigenvalue weighted by Crippen LogP contribution is 2.27. The summed E-state index contributed by atoms with van der Waals surface area (Å²) in [6, 6.07) is 14.4. The monoisotopic (exact) mass is 251 g/mol. The molecule has 0 spiro atoms. The second kappa shape index (κ2) is 5.36. The third kappa shape index (κ3) is 2.99. The number of carbonyl (C=O) groups is 1. The Kier molecular flexibility index (Phi) is 3.63. The Labute approximate surface area is 112 Å². The first-order chi connectivity index (χ1) is 9.10. The highest BCUT2D eigenvalue weighted by atomic mass is 16.5. The molecule has 0 saturated heterocycles. The first kappa shape index (κ1) is 12.8. The third-order valence-electron chi connectivity index (χ3n) is 2.74. The molecule has 0 aliphatic carbocycles. The van der Waals surface area contributed by atoms with Crippen LogP contribution in [0.15, 0.2) is 42.5 Å². The quantitative estimate of drug-likeness (QED) is 0.778. The van der Waals surface area contributed by atoms with Crippen LogP contribution in [0.25, 0.3) is 0 Å². The highest BCUT2D eigenvalue weighted by Gasteiger charge is 2.10. The normalized spacial score (nSPS) is 9.74. The largest absolute Gasteiger partial charge is 0.457 e. The molecule has 0 bridgehead atoms. The summed E-state index contributed by atoms with van der Waals surface area (Å²) in [5.41, 5.74) is 2.07. The molecule has 0 aliphatic rings. The molecule has 0 atom stereocenters. The average Bonchev–Trinajstić information content (AvgIpc) is 2.41. The van der Waals surface area contributed by atoms with Gasteiger partial charge in [0.05, 0.1) is 17.2 Å². The van der Waals surface area contributed by atoms with Gasteiger partial charge in [-0.25, -0.2) is 0 Å². The number of carbonyl (C=O) groups excluding carboxylic acids is 1. The van der Waals surface area contributed by atoms with Gasteiger partial charge in [0.1, 0.15) is 11.5 Å². The fourth-order valence-corrected chi connectivity index (χ4v) is 1.70. The first-order valence-electron chi connectivity index (χ1n) is 5.90. The summed E-state index contributed by atoms with van der Waals surface area (Å²) in [4.78, 5) is 11.5. The lowest BCUT2D eigenvalue weighted by Gasteiger charge is -2.10. The lowest BCUT2D eigenvalue weighted by molar-refractivity contribution is 0.101. The van der Waals surface area contributed by atoms with Gasteiger partial charge >= 0.3 is 0 Å². The number of aryl methyl sites for hydroxylation is 1. The van der Waals surface area contributed by atoms with E-state index in [0.29, 0.717) is 22.6 Å². The number of ketones is 1. The Morgan fingerprint density at radius 2 is 1.84 bits per heavy atom. The number of rotatable bonds is 3. The Bertz CT molecular complexity index is 651. The molecule has 3 nitrogen and oxygen atoms in total. The van der Waals surface area contributed by atoms with Crippen LogP contribution in [0.2, 0.25) is 0 Å². The van der Waals surface area contributed by atoms with E-state index in [1.54, 1.807) is 18.2 Å². The van der Waals surface area contributed by atoms with E-state index in [1.165, 1.54) is 6.92 Å². The number of ether oxygens (including phenoxy) is 1. The number of hydrogen-bond donors (Lipinski definition) is 0. The minimum atomic E-state index is -0.0911. The van der Waals surface area contributed by atoms with E-state index in [9.17, 15) is 4.79 Å². The minimum absolute atomic E-state index is 0.0911. The van der Waals surface area contributed by atoms with E-state index in [-0.39, 0.29) is 5.78 Å². The molecule has 0 saturated carbocycles. The van der Waals surface area contributed by atoms with Crippen LogP contribution in [-0.4, -0.2) is 5.78 Å². The Morgan fingerprint density at radius 3 is 2.42 bits per heavy atom. The number of hydrogen-bond acceptors (Lipinski definition) is 3. The van der Waals surface area contributed by atoms with Gasteiger partial charge in [-0.15, -0.1) is 0 Å². The Morgan fingerprint density at radius 1 is 1.16 bits per heavy atom. The van der Waals surface area contributed by atoms with E-state index < -0.39 is 0 Å². The highest BCUT2D eigenvalue weighted by molar-refractivity contribution is 5.97. The van der Waals surface area contributed by atoms with Crippen LogP contribution in [-0.2, 0) is 0 Å². The summed E-state index contributed by atoms with van der Waals surface area (Å²) >= 11 is 0. The summed E-state index contributed by atoms with van der Waals surface area (Å²) in [5, 5.41) is 8.90. The lowest BCUT2D eigenvalue weighted by atomic mass is 10.1. The average molecular weight is 251 g/mol. The van der Waals surface area contributed by atoms with Crippen LogP contribution >= 0.6 is 0 Å². The first-order valence-corrected chi connectivity index (χ1v) is 5.90. The maximum atomic E-state index is 11.5. The zero-order valence-corrected chi connectivity index (χ0v) is 10.8. The zero-order valence-electron chi connectivity index (χ0n) is 10.8. The van der Waals surface area contributed by atoms with Crippen LogP contribution in [0.4, 0.5) is 0 Å². The molecular formula is C16H13NO2. The summed E-state index contributed by atoms with van der Waals surface area (Å²) in [6.45, 7) is 3.46. The molecular weight excluding hydrogens is 238 g/mol. The van der Waals surface area contributed by atoms with Crippen molar-refractivity contribution in [2.75, 3.05) is 0 Å². The summed E-state index contributed by atoms with van der Waals surface area (Å²) in [5.74, 6) is 0.963. The van der Waals surface area contributed by atoms with Crippen LogP contribution in [0.3, 0.4) is 0 Å². The molecule has 19 heavy (non-hydrogen) atoms. The standard InChI is InChI=1S/C16H13NO2/c1-11-3-6-14(7-4-11)19-16-9-13(10-17)5-8-15(16)12(2)18/h3-9H,1-2H3. The number of Topliss-reactive ketones (excluding diaryl/α,β-unsaturated/α-hetero) is 1. The molecule has 0 aliphatic heterocycles. The van der Waals surface area contributed by atoms with E-state index in [4.69, 9.17) is 10.00 Å². The molecule has 2 rings (SSSR count). The van der Waals surface area contributed by atoms with Crippen molar-refractivity contribution in [1.29, 1.82) is 5.26 Å².